The average molecular weight is 277 g/mol. The molecule has 1 saturated heterocycles. The van der Waals surface area contributed by atoms with Crippen molar-refractivity contribution in [1.82, 2.24) is 20.4 Å². The van der Waals surface area contributed by atoms with Gasteiger partial charge in [-0.05, 0) is 32.2 Å². The van der Waals surface area contributed by atoms with E-state index >= 15 is 0 Å². The van der Waals surface area contributed by atoms with Crippen LogP contribution in [0.2, 0.25) is 0 Å². The molecule has 1 aliphatic heterocycles. The lowest BCUT2D eigenvalue weighted by molar-refractivity contribution is -0.122. The Bertz CT molecular complexity index is 448. The molecular weight excluding hydrogens is 254 g/mol. The molecule has 2 aliphatic rings. The summed E-state index contributed by atoms with van der Waals surface area (Å²) in [5, 5.41) is 14.1. The summed E-state index contributed by atoms with van der Waals surface area (Å²) in [5.41, 5.74) is 0.983. The predicted molar refractivity (Wildman–Crippen MR) is 77.5 cm³/mol. The Morgan fingerprint density at radius 2 is 2.30 bits per heavy atom. The molecule has 0 aromatic carbocycles. The van der Waals surface area contributed by atoms with Crippen LogP contribution in [0.3, 0.4) is 0 Å². The molecule has 0 bridgehead atoms. The van der Waals surface area contributed by atoms with Crippen molar-refractivity contribution in [1.29, 1.82) is 0 Å². The molecule has 3 rings (SSSR count). The summed E-state index contributed by atoms with van der Waals surface area (Å²) in [6, 6.07) is 0.957. The van der Waals surface area contributed by atoms with E-state index in [2.05, 4.69) is 21.0 Å². The van der Waals surface area contributed by atoms with Crippen molar-refractivity contribution in [3.63, 3.8) is 0 Å². The highest BCUT2D eigenvalue weighted by molar-refractivity contribution is 5.76. The molecule has 2 fully saturated rings. The van der Waals surface area contributed by atoms with Gasteiger partial charge in [0.25, 0.3) is 0 Å². The number of aromatic nitrogens is 2. The molecule has 1 atom stereocenters. The van der Waals surface area contributed by atoms with Gasteiger partial charge in [0.15, 0.2) is 0 Å². The van der Waals surface area contributed by atoms with Crippen LogP contribution in [0.25, 0.3) is 0 Å². The lowest BCUT2D eigenvalue weighted by Crippen LogP contribution is -2.39. The van der Waals surface area contributed by atoms with Crippen LogP contribution in [0.4, 0.5) is 5.69 Å². The monoisotopic (exact) mass is 277 g/mol. The van der Waals surface area contributed by atoms with Crippen molar-refractivity contribution in [2.45, 2.75) is 50.7 Å². The minimum absolute atomic E-state index is 0.0519. The molecule has 0 radical (unpaired) electrons. The Kier molecular flexibility index (Phi) is 4.20. The highest BCUT2D eigenvalue weighted by atomic mass is 16.2. The SMILES string of the molecule is O=C(Cn1cc(NCC2CCCCN2)cn1)NC1CC1. The number of hydrogen-bond donors (Lipinski definition) is 3. The molecule has 1 amide bonds. The van der Waals surface area contributed by atoms with E-state index in [-0.39, 0.29) is 5.91 Å². The first-order valence-corrected chi connectivity index (χ1v) is 7.59. The van der Waals surface area contributed by atoms with E-state index in [4.69, 9.17) is 0 Å². The summed E-state index contributed by atoms with van der Waals surface area (Å²) in [6.45, 7) is 2.34. The number of nitrogens with one attached hydrogen (secondary N) is 3. The Hall–Kier alpha value is -1.56. The van der Waals surface area contributed by atoms with Crippen LogP contribution < -0.4 is 16.0 Å². The van der Waals surface area contributed by atoms with E-state index in [1.165, 1.54) is 19.3 Å². The quantitative estimate of drug-likeness (QED) is 0.716. The lowest BCUT2D eigenvalue weighted by atomic mass is 10.1. The molecule has 1 aromatic rings. The normalized spacial score (nSPS) is 22.5. The number of nitrogens with zero attached hydrogens (tertiary/aromatic N) is 2. The van der Waals surface area contributed by atoms with E-state index in [1.807, 2.05) is 6.20 Å². The third-order valence-electron chi connectivity index (χ3n) is 3.85. The van der Waals surface area contributed by atoms with Crippen LogP contribution >= 0.6 is 0 Å². The second-order valence-corrected chi connectivity index (χ2v) is 5.80. The van der Waals surface area contributed by atoms with Crippen molar-refractivity contribution < 1.29 is 4.79 Å². The van der Waals surface area contributed by atoms with Crippen molar-refractivity contribution in [3.05, 3.63) is 12.4 Å². The number of carbonyl (C=O) groups excluding carboxylic acids is 1. The van der Waals surface area contributed by atoms with Crippen LogP contribution in [-0.4, -0.2) is 40.9 Å². The molecule has 20 heavy (non-hydrogen) atoms. The van der Waals surface area contributed by atoms with E-state index in [9.17, 15) is 4.79 Å². The third kappa shape index (κ3) is 3.96. The van der Waals surface area contributed by atoms with E-state index in [1.54, 1.807) is 10.9 Å². The first-order valence-electron chi connectivity index (χ1n) is 7.59. The van der Waals surface area contributed by atoms with Gasteiger partial charge in [-0.1, -0.05) is 6.42 Å². The van der Waals surface area contributed by atoms with E-state index in [0.717, 1.165) is 31.6 Å². The van der Waals surface area contributed by atoms with Gasteiger partial charge in [-0.25, -0.2) is 0 Å². The topological polar surface area (TPSA) is 71.0 Å². The molecule has 1 unspecified atom stereocenters. The molecule has 1 aromatic heterocycles. The van der Waals surface area contributed by atoms with Gasteiger partial charge < -0.3 is 16.0 Å². The molecule has 2 heterocycles. The molecule has 0 spiro atoms. The molecule has 1 saturated carbocycles. The minimum atomic E-state index is 0.0519. The van der Waals surface area contributed by atoms with E-state index in [0.29, 0.717) is 18.6 Å². The third-order valence-corrected chi connectivity index (χ3v) is 3.85. The zero-order valence-electron chi connectivity index (χ0n) is 11.8. The summed E-state index contributed by atoms with van der Waals surface area (Å²) in [6.07, 6.45) is 9.73. The fourth-order valence-corrected chi connectivity index (χ4v) is 2.53. The van der Waals surface area contributed by atoms with Gasteiger partial charge in [-0.2, -0.15) is 5.10 Å². The number of rotatable bonds is 6. The van der Waals surface area contributed by atoms with Crippen molar-refractivity contribution in [2.75, 3.05) is 18.4 Å². The number of anilines is 1. The molecular formula is C14H23N5O. The lowest BCUT2D eigenvalue weighted by Gasteiger charge is -2.23. The first kappa shape index (κ1) is 13.4. The van der Waals surface area contributed by atoms with Crippen LogP contribution in [0.1, 0.15) is 32.1 Å². The van der Waals surface area contributed by atoms with Gasteiger partial charge in [0, 0.05) is 24.8 Å². The second kappa shape index (κ2) is 6.26. The van der Waals surface area contributed by atoms with Gasteiger partial charge >= 0.3 is 0 Å². The number of hydrogen-bond acceptors (Lipinski definition) is 4. The minimum Gasteiger partial charge on any atom is -0.381 e. The van der Waals surface area contributed by atoms with Crippen LogP contribution in [0, 0.1) is 0 Å². The zero-order chi connectivity index (χ0) is 13.8. The number of carbonyl (C=O) groups is 1. The largest absolute Gasteiger partial charge is 0.381 e. The highest BCUT2D eigenvalue weighted by Crippen LogP contribution is 2.18. The Morgan fingerprint density at radius 1 is 1.40 bits per heavy atom. The van der Waals surface area contributed by atoms with Gasteiger partial charge in [0.2, 0.25) is 5.91 Å². The Balaban J connectivity index is 1.42. The van der Waals surface area contributed by atoms with Crippen molar-refractivity contribution >= 4 is 11.6 Å². The molecule has 6 heteroatoms. The Labute approximate surface area is 119 Å². The maximum Gasteiger partial charge on any atom is 0.241 e. The molecule has 1 aliphatic carbocycles. The smallest absolute Gasteiger partial charge is 0.241 e. The van der Waals surface area contributed by atoms with Gasteiger partial charge in [0.1, 0.15) is 6.54 Å². The Morgan fingerprint density at radius 3 is 3.05 bits per heavy atom. The molecule has 110 valence electrons. The summed E-state index contributed by atoms with van der Waals surface area (Å²) >= 11 is 0. The first-order chi connectivity index (χ1) is 9.79. The summed E-state index contributed by atoms with van der Waals surface area (Å²) in [5.74, 6) is 0.0519. The van der Waals surface area contributed by atoms with Gasteiger partial charge in [0.05, 0.1) is 11.9 Å². The van der Waals surface area contributed by atoms with Gasteiger partial charge in [-0.3, -0.25) is 9.48 Å². The fraction of sp³-hybridized carbons (Fsp3) is 0.714. The maximum absolute atomic E-state index is 11.7. The second-order valence-electron chi connectivity index (χ2n) is 5.80. The van der Waals surface area contributed by atoms with E-state index < -0.39 is 0 Å². The number of piperidine rings is 1. The average Bonchev–Trinajstić information content (AvgIpc) is 3.15. The summed E-state index contributed by atoms with van der Waals surface area (Å²) < 4.78 is 1.69. The summed E-state index contributed by atoms with van der Waals surface area (Å²) in [4.78, 5) is 11.7. The van der Waals surface area contributed by atoms with Crippen molar-refractivity contribution in [3.8, 4) is 0 Å². The number of amides is 1. The maximum atomic E-state index is 11.7. The summed E-state index contributed by atoms with van der Waals surface area (Å²) in [7, 11) is 0. The standard InChI is InChI=1S/C14H23N5O/c20-14(18-11-4-5-11)10-19-9-13(8-17-19)16-7-12-3-1-2-6-15-12/h8-9,11-12,15-16H,1-7,10H2,(H,18,20). The molecule has 3 N–H and O–H groups in total. The molecule has 6 nitrogen and oxygen atoms in total. The van der Waals surface area contributed by atoms with Crippen LogP contribution in [0.5, 0.6) is 0 Å². The van der Waals surface area contributed by atoms with Crippen molar-refractivity contribution in [2.24, 2.45) is 0 Å². The fourth-order valence-electron chi connectivity index (χ4n) is 2.53. The van der Waals surface area contributed by atoms with Crippen LogP contribution in [-0.2, 0) is 11.3 Å². The zero-order valence-corrected chi connectivity index (χ0v) is 11.8. The predicted octanol–water partition coefficient (Wildman–Crippen LogP) is 0.716. The van der Waals surface area contributed by atoms with Gasteiger partial charge in [-0.15, -0.1) is 0 Å². The van der Waals surface area contributed by atoms with Crippen LogP contribution in [0.15, 0.2) is 12.4 Å². The highest BCUT2D eigenvalue weighted by Gasteiger charge is 2.23.